The fraction of sp³-hybridized carbons (Fsp3) is 0.414. The number of carbonyl (C=O) groups excluding carboxylic acids is 1. The van der Waals surface area contributed by atoms with E-state index in [2.05, 4.69) is 64.6 Å². The summed E-state index contributed by atoms with van der Waals surface area (Å²) in [5.74, 6) is 0.671. The number of likely N-dealkylation sites (N-methyl/N-ethyl adjacent to an activating group) is 1. The number of nitrogens with one attached hydrogen (secondary N) is 1. The molecule has 1 aliphatic carbocycles. The Morgan fingerprint density at radius 1 is 1.00 bits per heavy atom. The molecule has 1 aromatic heterocycles. The Balaban J connectivity index is 1.20. The topological polar surface area (TPSA) is 84.8 Å². The number of rotatable bonds is 4. The fourth-order valence-electron chi connectivity index (χ4n) is 6.53. The van der Waals surface area contributed by atoms with Gasteiger partial charge in [-0.2, -0.15) is 0 Å². The van der Waals surface area contributed by atoms with E-state index in [9.17, 15) is 9.90 Å². The second-order valence-corrected chi connectivity index (χ2v) is 10.9. The summed E-state index contributed by atoms with van der Waals surface area (Å²) in [7, 11) is 6.14. The van der Waals surface area contributed by atoms with Crippen molar-refractivity contribution >= 4 is 17.3 Å². The first kappa shape index (κ1) is 24.0. The summed E-state index contributed by atoms with van der Waals surface area (Å²) in [6, 6.07) is 16.6. The number of benzene rings is 2. The second-order valence-electron chi connectivity index (χ2n) is 10.9. The normalized spacial score (nSPS) is 27.4. The van der Waals surface area contributed by atoms with Gasteiger partial charge in [-0.1, -0.05) is 42.5 Å². The van der Waals surface area contributed by atoms with Gasteiger partial charge in [0.25, 0.3) is 0 Å². The lowest BCUT2D eigenvalue weighted by Gasteiger charge is -2.49. The Kier molecular flexibility index (Phi) is 5.78. The number of aliphatic hydroxyl groups is 1. The highest BCUT2D eigenvalue weighted by molar-refractivity contribution is 6.03. The van der Waals surface area contributed by atoms with E-state index in [4.69, 9.17) is 0 Å². The smallest absolute Gasteiger partial charge is 0.231 e. The number of carbonyl (C=O) groups is 1. The van der Waals surface area contributed by atoms with Crippen molar-refractivity contribution in [2.75, 3.05) is 37.5 Å². The highest BCUT2D eigenvalue weighted by Gasteiger charge is 2.50. The van der Waals surface area contributed by atoms with Gasteiger partial charge in [0.05, 0.1) is 24.5 Å². The van der Waals surface area contributed by atoms with E-state index < -0.39 is 6.35 Å². The molecule has 3 aromatic rings. The third kappa shape index (κ3) is 3.91. The molecule has 2 aliphatic heterocycles. The van der Waals surface area contributed by atoms with Gasteiger partial charge >= 0.3 is 0 Å². The molecule has 1 saturated carbocycles. The summed E-state index contributed by atoms with van der Waals surface area (Å²) < 4.78 is 0. The van der Waals surface area contributed by atoms with E-state index in [1.54, 1.807) is 24.3 Å². The van der Waals surface area contributed by atoms with Crippen molar-refractivity contribution in [2.45, 2.75) is 49.5 Å². The van der Waals surface area contributed by atoms with Gasteiger partial charge in [0.1, 0.15) is 0 Å². The lowest BCUT2D eigenvalue weighted by atomic mass is 9.69. The van der Waals surface area contributed by atoms with E-state index in [1.807, 2.05) is 23.1 Å². The number of hydrogen-bond donors (Lipinski definition) is 2. The van der Waals surface area contributed by atoms with E-state index in [0.717, 1.165) is 48.2 Å². The van der Waals surface area contributed by atoms with Gasteiger partial charge in [0.2, 0.25) is 5.91 Å². The minimum Gasteiger partial charge on any atom is -0.361 e. The summed E-state index contributed by atoms with van der Waals surface area (Å²) in [4.78, 5) is 27.5. The average Bonchev–Trinajstić information content (AvgIpc) is 3.40. The molecule has 1 saturated heterocycles. The molecule has 3 heterocycles. The van der Waals surface area contributed by atoms with Crippen molar-refractivity contribution in [3.63, 3.8) is 0 Å². The molecule has 0 radical (unpaired) electrons. The number of fused-ring (bicyclic) bond motifs is 1. The molecule has 3 aliphatic rings. The number of hydrogen-bond acceptors (Lipinski definition) is 7. The lowest BCUT2D eigenvalue weighted by molar-refractivity contribution is -0.117. The summed E-state index contributed by atoms with van der Waals surface area (Å²) in [5, 5.41) is 14.5. The largest absolute Gasteiger partial charge is 0.361 e. The van der Waals surface area contributed by atoms with Crippen LogP contribution in [-0.4, -0.2) is 65.5 Å². The third-order valence-electron chi connectivity index (χ3n) is 8.83. The Morgan fingerprint density at radius 2 is 1.70 bits per heavy atom. The predicted octanol–water partition coefficient (Wildman–Crippen LogP) is 3.12. The van der Waals surface area contributed by atoms with Crippen molar-refractivity contribution in [1.82, 2.24) is 20.2 Å². The van der Waals surface area contributed by atoms with Crippen LogP contribution in [0.25, 0.3) is 11.4 Å². The molecule has 2 N–H and O–H groups in total. The van der Waals surface area contributed by atoms with Gasteiger partial charge in [0, 0.05) is 35.9 Å². The zero-order valence-electron chi connectivity index (χ0n) is 21.7. The van der Waals surface area contributed by atoms with Crippen LogP contribution < -0.4 is 15.1 Å². The first-order chi connectivity index (χ1) is 17.8. The fourth-order valence-corrected chi connectivity index (χ4v) is 6.53. The quantitative estimate of drug-likeness (QED) is 0.572. The Bertz CT molecular complexity index is 1300. The summed E-state index contributed by atoms with van der Waals surface area (Å²) >= 11 is 0. The van der Waals surface area contributed by atoms with E-state index in [0.29, 0.717) is 18.8 Å². The molecule has 2 fully saturated rings. The molecule has 2 aromatic carbocycles. The zero-order chi connectivity index (χ0) is 25.8. The van der Waals surface area contributed by atoms with Gasteiger partial charge in [0.15, 0.2) is 12.2 Å². The van der Waals surface area contributed by atoms with Crippen molar-refractivity contribution in [3.8, 4) is 11.4 Å². The van der Waals surface area contributed by atoms with Crippen LogP contribution >= 0.6 is 0 Å². The first-order valence-electron chi connectivity index (χ1n) is 13.0. The first-order valence-corrected chi connectivity index (χ1v) is 13.0. The summed E-state index contributed by atoms with van der Waals surface area (Å²) in [6.07, 6.45) is 7.09. The van der Waals surface area contributed by atoms with Gasteiger partial charge in [-0.05, 0) is 57.0 Å². The second kappa shape index (κ2) is 8.90. The standard InChI is InChI=1S/C29H34N6O2/c1-33(2)29(20-8-5-4-6-9-20)14-12-28(13-15-29)19-35(27(37)32-28)21-17-30-26(31-18-21)22-10-7-11-24-23(22)16-25(36)34(24)3/h4-11,17-18,27,32,37H,12-16,19H2,1-3H3. The van der Waals surface area contributed by atoms with Crippen LogP contribution in [0.4, 0.5) is 11.4 Å². The monoisotopic (exact) mass is 498 g/mol. The highest BCUT2D eigenvalue weighted by atomic mass is 16.3. The van der Waals surface area contributed by atoms with Crippen LogP contribution in [0, 0.1) is 0 Å². The van der Waals surface area contributed by atoms with Crippen molar-refractivity contribution in [1.29, 1.82) is 0 Å². The van der Waals surface area contributed by atoms with Gasteiger partial charge in [-0.25, -0.2) is 9.97 Å². The molecular formula is C29H34N6O2. The number of amides is 1. The molecule has 37 heavy (non-hydrogen) atoms. The average molecular weight is 499 g/mol. The minimum atomic E-state index is -0.787. The highest BCUT2D eigenvalue weighted by Crippen LogP contribution is 2.46. The number of nitrogens with zero attached hydrogens (tertiary/aromatic N) is 5. The van der Waals surface area contributed by atoms with Gasteiger partial charge in [-0.15, -0.1) is 0 Å². The van der Waals surface area contributed by atoms with Gasteiger partial charge in [-0.3, -0.25) is 15.0 Å². The molecular weight excluding hydrogens is 464 g/mol. The maximum Gasteiger partial charge on any atom is 0.231 e. The van der Waals surface area contributed by atoms with Crippen molar-refractivity contribution < 1.29 is 9.90 Å². The van der Waals surface area contributed by atoms with Crippen LogP contribution in [0.1, 0.15) is 36.8 Å². The van der Waals surface area contributed by atoms with Crippen LogP contribution in [-0.2, 0) is 16.8 Å². The van der Waals surface area contributed by atoms with Crippen molar-refractivity contribution in [2.24, 2.45) is 0 Å². The zero-order valence-corrected chi connectivity index (χ0v) is 21.7. The summed E-state index contributed by atoms with van der Waals surface area (Å²) in [5.41, 5.74) is 4.75. The van der Waals surface area contributed by atoms with Crippen LogP contribution in [0.2, 0.25) is 0 Å². The van der Waals surface area contributed by atoms with Gasteiger partial charge < -0.3 is 14.9 Å². The van der Waals surface area contributed by atoms with E-state index in [1.165, 1.54) is 5.56 Å². The minimum absolute atomic E-state index is 0.00269. The number of aromatic nitrogens is 2. The lowest BCUT2D eigenvalue weighted by Crippen LogP contribution is -2.54. The number of aliphatic hydroxyl groups excluding tert-OH is 1. The molecule has 6 rings (SSSR count). The SMILES string of the molecule is CN1C(=O)Cc2c(-c3ncc(N4CC5(CCC(c6ccccc6)(N(C)C)CC5)NC4O)cn3)cccc21. The van der Waals surface area contributed by atoms with E-state index in [-0.39, 0.29) is 17.0 Å². The Hall–Kier alpha value is -3.33. The van der Waals surface area contributed by atoms with Crippen LogP contribution in [0.15, 0.2) is 60.9 Å². The molecule has 1 spiro atoms. The van der Waals surface area contributed by atoms with Crippen molar-refractivity contribution in [3.05, 3.63) is 72.1 Å². The molecule has 1 unspecified atom stereocenters. The maximum absolute atomic E-state index is 12.2. The van der Waals surface area contributed by atoms with Crippen LogP contribution in [0.5, 0.6) is 0 Å². The Morgan fingerprint density at radius 3 is 2.38 bits per heavy atom. The molecule has 0 bridgehead atoms. The number of anilines is 2. The molecule has 192 valence electrons. The molecule has 1 atom stereocenters. The molecule has 8 heteroatoms. The third-order valence-corrected chi connectivity index (χ3v) is 8.83. The Labute approximate surface area is 217 Å². The van der Waals surface area contributed by atoms with Crippen LogP contribution in [0.3, 0.4) is 0 Å². The summed E-state index contributed by atoms with van der Waals surface area (Å²) in [6.45, 7) is 0.704. The maximum atomic E-state index is 12.2. The molecule has 1 amide bonds. The van der Waals surface area contributed by atoms with E-state index >= 15 is 0 Å². The molecule has 8 nitrogen and oxygen atoms in total. The predicted molar refractivity (Wildman–Crippen MR) is 144 cm³/mol.